The van der Waals surface area contributed by atoms with Crippen LogP contribution in [-0.2, 0) is 14.6 Å². The molecule has 1 aromatic carbocycles. The number of amides is 2. The van der Waals surface area contributed by atoms with Gasteiger partial charge in [0.1, 0.15) is 0 Å². The zero-order valence-corrected chi connectivity index (χ0v) is 16.7. The fraction of sp³-hybridized carbons (Fsp3) is 0.529. The quantitative estimate of drug-likeness (QED) is 0.669. The number of hydrogen-bond acceptors (Lipinski definition) is 6. The van der Waals surface area contributed by atoms with Crippen molar-refractivity contribution in [1.82, 2.24) is 10.9 Å². The second-order valence-electron chi connectivity index (χ2n) is 6.06. The molecule has 26 heavy (non-hydrogen) atoms. The molecule has 1 atom stereocenters. The third-order valence-corrected chi connectivity index (χ3v) is 7.50. The van der Waals surface area contributed by atoms with Crippen molar-refractivity contribution in [1.29, 1.82) is 0 Å². The van der Waals surface area contributed by atoms with E-state index in [1.165, 1.54) is 11.8 Å². The van der Waals surface area contributed by atoms with Crippen molar-refractivity contribution in [3.8, 4) is 0 Å². The first-order valence-corrected chi connectivity index (χ1v) is 11.5. The second kappa shape index (κ2) is 9.27. The number of carbonyl (C=O) groups excluding carboxylic acids is 2. The maximum absolute atomic E-state index is 12.1. The molecular formula is C17H25N3O4S2. The predicted molar refractivity (Wildman–Crippen MR) is 105 cm³/mol. The minimum atomic E-state index is -2.94. The van der Waals surface area contributed by atoms with Crippen LogP contribution in [0.5, 0.6) is 0 Å². The fourth-order valence-electron chi connectivity index (χ4n) is 2.73. The van der Waals surface area contributed by atoms with E-state index in [4.69, 9.17) is 0 Å². The van der Waals surface area contributed by atoms with Crippen LogP contribution in [0.3, 0.4) is 0 Å². The average Bonchev–Trinajstić information content (AvgIpc) is 2.98. The summed E-state index contributed by atoms with van der Waals surface area (Å²) >= 11 is 1.30. The van der Waals surface area contributed by atoms with Gasteiger partial charge in [0.05, 0.1) is 17.3 Å². The van der Waals surface area contributed by atoms with Gasteiger partial charge in [-0.15, -0.1) is 11.8 Å². The molecule has 2 N–H and O–H groups in total. The van der Waals surface area contributed by atoms with E-state index in [1.54, 1.807) is 12.1 Å². The molecule has 144 valence electrons. The maximum atomic E-state index is 12.1. The normalized spacial score (nSPS) is 18.3. The molecule has 1 aliphatic rings. The minimum absolute atomic E-state index is 0.0472. The first-order chi connectivity index (χ1) is 12.3. The molecule has 1 saturated heterocycles. The van der Waals surface area contributed by atoms with E-state index in [2.05, 4.69) is 29.6 Å². The van der Waals surface area contributed by atoms with Crippen molar-refractivity contribution in [2.75, 3.05) is 35.2 Å². The van der Waals surface area contributed by atoms with Crippen LogP contribution < -0.4 is 15.8 Å². The van der Waals surface area contributed by atoms with Gasteiger partial charge >= 0.3 is 0 Å². The first kappa shape index (κ1) is 20.6. The number of anilines is 1. The molecule has 7 nitrogen and oxygen atoms in total. The number of nitrogens with one attached hydrogen (secondary N) is 2. The van der Waals surface area contributed by atoms with Crippen molar-refractivity contribution in [3.05, 3.63) is 29.8 Å². The largest absolute Gasteiger partial charge is 0.372 e. The van der Waals surface area contributed by atoms with Crippen molar-refractivity contribution >= 4 is 39.1 Å². The highest BCUT2D eigenvalue weighted by Gasteiger charge is 2.28. The number of sulfone groups is 1. The summed E-state index contributed by atoms with van der Waals surface area (Å²) in [6.07, 6.45) is 0.575. The van der Waals surface area contributed by atoms with Crippen LogP contribution >= 0.6 is 11.8 Å². The molecule has 1 aliphatic heterocycles. The number of carbonyl (C=O) groups is 2. The van der Waals surface area contributed by atoms with Crippen LogP contribution in [0, 0.1) is 0 Å². The number of hydrazine groups is 1. The van der Waals surface area contributed by atoms with Crippen molar-refractivity contribution in [2.24, 2.45) is 0 Å². The van der Waals surface area contributed by atoms with Crippen LogP contribution in [0.15, 0.2) is 24.3 Å². The lowest BCUT2D eigenvalue weighted by atomic mass is 10.2. The van der Waals surface area contributed by atoms with Crippen molar-refractivity contribution in [3.63, 3.8) is 0 Å². The molecule has 0 unspecified atom stereocenters. The van der Waals surface area contributed by atoms with Crippen LogP contribution in [-0.4, -0.2) is 55.8 Å². The molecule has 0 aromatic heterocycles. The van der Waals surface area contributed by atoms with Crippen molar-refractivity contribution < 1.29 is 18.0 Å². The van der Waals surface area contributed by atoms with Crippen LogP contribution in [0.25, 0.3) is 0 Å². The summed E-state index contributed by atoms with van der Waals surface area (Å²) in [7, 11) is -2.94. The lowest BCUT2D eigenvalue weighted by Gasteiger charge is -2.21. The Kier molecular flexibility index (Phi) is 7.33. The number of nitrogens with zero attached hydrogens (tertiary/aromatic N) is 1. The van der Waals surface area contributed by atoms with Crippen LogP contribution in [0.4, 0.5) is 5.69 Å². The van der Waals surface area contributed by atoms with Gasteiger partial charge in [0.15, 0.2) is 9.84 Å². The summed E-state index contributed by atoms with van der Waals surface area (Å²) in [5.41, 5.74) is 6.24. The molecule has 0 spiro atoms. The number of rotatable bonds is 7. The number of hydrogen-bond donors (Lipinski definition) is 2. The molecule has 0 aliphatic carbocycles. The Bertz CT molecular complexity index is 731. The summed E-state index contributed by atoms with van der Waals surface area (Å²) in [6.45, 7) is 5.91. The van der Waals surface area contributed by atoms with E-state index in [0.29, 0.717) is 12.0 Å². The molecule has 1 fully saturated rings. The molecular weight excluding hydrogens is 374 g/mol. The highest BCUT2D eigenvalue weighted by atomic mass is 32.2. The SMILES string of the molecule is CCN(CC)c1ccc(C(=O)NNC(=O)CS[C@@H]2CCS(=O)(=O)C2)cc1. The molecule has 1 heterocycles. The fourth-order valence-corrected chi connectivity index (χ4v) is 6.18. The summed E-state index contributed by atoms with van der Waals surface area (Å²) in [5, 5.41) is -0.0472. The van der Waals surface area contributed by atoms with Gasteiger partial charge in [0, 0.05) is 29.6 Å². The Hall–Kier alpha value is -1.74. The number of benzene rings is 1. The lowest BCUT2D eigenvalue weighted by molar-refractivity contribution is -0.119. The maximum Gasteiger partial charge on any atom is 0.269 e. The third-order valence-electron chi connectivity index (χ3n) is 4.21. The topological polar surface area (TPSA) is 95.6 Å². The van der Waals surface area contributed by atoms with Gasteiger partial charge in [-0.3, -0.25) is 20.4 Å². The monoisotopic (exact) mass is 399 g/mol. The summed E-state index contributed by atoms with van der Waals surface area (Å²) in [5.74, 6) is -0.324. The van der Waals surface area contributed by atoms with Gasteiger partial charge in [-0.1, -0.05) is 0 Å². The Balaban J connectivity index is 1.76. The van der Waals surface area contributed by atoms with E-state index in [1.807, 2.05) is 12.1 Å². The Labute approximate surface area is 158 Å². The van der Waals surface area contributed by atoms with Crippen molar-refractivity contribution in [2.45, 2.75) is 25.5 Å². The highest BCUT2D eigenvalue weighted by Crippen LogP contribution is 2.23. The molecule has 2 rings (SSSR count). The standard InChI is InChI=1S/C17H25N3O4S2/c1-3-20(4-2)14-7-5-13(6-8-14)17(22)19-18-16(21)11-25-15-9-10-26(23,24)12-15/h5-8,15H,3-4,9-12H2,1-2H3,(H,18,21)(H,19,22)/t15-/m1/s1. The van der Waals surface area contributed by atoms with Gasteiger partial charge < -0.3 is 4.90 Å². The number of thioether (sulfide) groups is 1. The third kappa shape index (κ3) is 5.91. The molecule has 9 heteroatoms. The molecule has 0 saturated carbocycles. The van der Waals surface area contributed by atoms with Crippen LogP contribution in [0.2, 0.25) is 0 Å². The molecule has 2 amide bonds. The van der Waals surface area contributed by atoms with E-state index in [9.17, 15) is 18.0 Å². The molecule has 0 bridgehead atoms. The lowest BCUT2D eigenvalue weighted by Crippen LogP contribution is -2.42. The first-order valence-electron chi connectivity index (χ1n) is 8.61. The van der Waals surface area contributed by atoms with Gasteiger partial charge in [0.25, 0.3) is 5.91 Å². The van der Waals surface area contributed by atoms with Gasteiger partial charge in [-0.05, 0) is 44.5 Å². The average molecular weight is 400 g/mol. The molecule has 0 radical (unpaired) electrons. The van der Waals surface area contributed by atoms with E-state index >= 15 is 0 Å². The van der Waals surface area contributed by atoms with E-state index in [0.717, 1.165) is 18.8 Å². The zero-order valence-electron chi connectivity index (χ0n) is 15.0. The smallest absolute Gasteiger partial charge is 0.269 e. The second-order valence-corrected chi connectivity index (χ2v) is 9.57. The summed E-state index contributed by atoms with van der Waals surface area (Å²) in [4.78, 5) is 26.1. The summed E-state index contributed by atoms with van der Waals surface area (Å²) < 4.78 is 22.8. The Morgan fingerprint density at radius 1 is 1.15 bits per heavy atom. The van der Waals surface area contributed by atoms with E-state index in [-0.39, 0.29) is 28.4 Å². The van der Waals surface area contributed by atoms with E-state index < -0.39 is 15.7 Å². The Morgan fingerprint density at radius 2 is 1.81 bits per heavy atom. The Morgan fingerprint density at radius 3 is 2.35 bits per heavy atom. The highest BCUT2D eigenvalue weighted by molar-refractivity contribution is 8.02. The van der Waals surface area contributed by atoms with Gasteiger partial charge in [0.2, 0.25) is 5.91 Å². The van der Waals surface area contributed by atoms with Gasteiger partial charge in [-0.2, -0.15) is 0 Å². The minimum Gasteiger partial charge on any atom is -0.372 e. The summed E-state index contributed by atoms with van der Waals surface area (Å²) in [6, 6.07) is 7.18. The predicted octanol–water partition coefficient (Wildman–Crippen LogP) is 1.21. The zero-order chi connectivity index (χ0) is 19.2. The molecule has 1 aromatic rings. The van der Waals surface area contributed by atoms with Gasteiger partial charge in [-0.25, -0.2) is 8.42 Å². The van der Waals surface area contributed by atoms with Crippen LogP contribution in [0.1, 0.15) is 30.6 Å².